The lowest BCUT2D eigenvalue weighted by Gasteiger charge is -2.35. The standard InChI is InChI=1S/C17H22N6O2/c24-15(2-1-5-23-10-18-9-19-23)20-13-6-12(7-13)14-8-16(25)22-17(21-14)11-3-4-11/h8-13H,1-7H2,(H,20,24)(H,21,22,25). The first kappa shape index (κ1) is 16.0. The van der Waals surface area contributed by atoms with Gasteiger partial charge in [-0.05, 0) is 32.1 Å². The lowest BCUT2D eigenvalue weighted by Crippen LogP contribution is -2.43. The molecule has 132 valence electrons. The minimum absolute atomic E-state index is 0.0625. The Morgan fingerprint density at radius 3 is 2.88 bits per heavy atom. The number of nitrogens with one attached hydrogen (secondary N) is 2. The van der Waals surface area contributed by atoms with Crippen LogP contribution in [0.1, 0.15) is 61.9 Å². The van der Waals surface area contributed by atoms with E-state index in [1.807, 2.05) is 0 Å². The van der Waals surface area contributed by atoms with E-state index in [2.05, 4.69) is 25.4 Å². The van der Waals surface area contributed by atoms with Gasteiger partial charge in [0.25, 0.3) is 5.56 Å². The number of nitrogens with zero attached hydrogens (tertiary/aromatic N) is 4. The van der Waals surface area contributed by atoms with Crippen molar-refractivity contribution < 1.29 is 4.79 Å². The second kappa shape index (κ2) is 6.78. The summed E-state index contributed by atoms with van der Waals surface area (Å²) in [6.07, 6.45) is 8.31. The third kappa shape index (κ3) is 3.94. The van der Waals surface area contributed by atoms with E-state index >= 15 is 0 Å². The van der Waals surface area contributed by atoms with Crippen molar-refractivity contribution in [3.8, 4) is 0 Å². The number of amides is 1. The first-order valence-electron chi connectivity index (χ1n) is 8.90. The second-order valence-electron chi connectivity index (χ2n) is 7.02. The molecule has 0 spiro atoms. The van der Waals surface area contributed by atoms with E-state index in [4.69, 9.17) is 0 Å². The highest BCUT2D eigenvalue weighted by Gasteiger charge is 2.34. The van der Waals surface area contributed by atoms with Crippen LogP contribution in [0.2, 0.25) is 0 Å². The normalized spacial score (nSPS) is 22.4. The van der Waals surface area contributed by atoms with Gasteiger partial charge in [0, 0.05) is 36.9 Å². The molecular formula is C17H22N6O2. The minimum Gasteiger partial charge on any atom is -0.353 e. The first-order valence-corrected chi connectivity index (χ1v) is 8.90. The van der Waals surface area contributed by atoms with Crippen LogP contribution in [-0.2, 0) is 11.3 Å². The maximum Gasteiger partial charge on any atom is 0.251 e. The molecule has 25 heavy (non-hydrogen) atoms. The highest BCUT2D eigenvalue weighted by molar-refractivity contribution is 5.76. The smallest absolute Gasteiger partial charge is 0.251 e. The molecule has 4 rings (SSSR count). The average Bonchev–Trinajstić information content (AvgIpc) is 3.27. The summed E-state index contributed by atoms with van der Waals surface area (Å²) in [6.45, 7) is 0.696. The Labute approximate surface area is 145 Å². The van der Waals surface area contributed by atoms with Crippen LogP contribution in [-0.4, -0.2) is 36.7 Å². The Hall–Kier alpha value is -2.51. The molecule has 0 unspecified atom stereocenters. The second-order valence-corrected chi connectivity index (χ2v) is 7.02. The molecule has 2 aliphatic carbocycles. The molecule has 0 aliphatic heterocycles. The number of rotatable bonds is 7. The quantitative estimate of drug-likeness (QED) is 0.783. The summed E-state index contributed by atoms with van der Waals surface area (Å²) in [5, 5.41) is 7.08. The molecule has 8 nitrogen and oxygen atoms in total. The van der Waals surface area contributed by atoms with Crippen molar-refractivity contribution in [2.24, 2.45) is 0 Å². The van der Waals surface area contributed by atoms with Gasteiger partial charge in [-0.15, -0.1) is 0 Å². The topological polar surface area (TPSA) is 106 Å². The number of carbonyl (C=O) groups excluding carboxylic acids is 1. The molecule has 2 heterocycles. The van der Waals surface area contributed by atoms with Crippen LogP contribution in [0.3, 0.4) is 0 Å². The van der Waals surface area contributed by atoms with E-state index < -0.39 is 0 Å². The van der Waals surface area contributed by atoms with Crippen LogP contribution >= 0.6 is 0 Å². The fourth-order valence-corrected chi connectivity index (χ4v) is 3.28. The number of aromatic amines is 1. The highest BCUT2D eigenvalue weighted by atomic mass is 16.1. The predicted octanol–water partition coefficient (Wildman–Crippen LogP) is 1.08. The van der Waals surface area contributed by atoms with Gasteiger partial charge >= 0.3 is 0 Å². The van der Waals surface area contributed by atoms with Crippen molar-refractivity contribution >= 4 is 5.91 Å². The van der Waals surface area contributed by atoms with Crippen molar-refractivity contribution in [3.05, 3.63) is 40.6 Å². The van der Waals surface area contributed by atoms with Crippen molar-refractivity contribution in [2.75, 3.05) is 0 Å². The maximum absolute atomic E-state index is 12.0. The molecule has 2 aromatic rings. The van der Waals surface area contributed by atoms with Crippen molar-refractivity contribution in [1.29, 1.82) is 0 Å². The number of aromatic nitrogens is 5. The summed E-state index contributed by atoms with van der Waals surface area (Å²) < 4.78 is 1.72. The molecule has 0 atom stereocenters. The Morgan fingerprint density at radius 1 is 1.32 bits per heavy atom. The summed E-state index contributed by atoms with van der Waals surface area (Å²) in [5.74, 6) is 1.62. The summed E-state index contributed by atoms with van der Waals surface area (Å²) in [5.41, 5.74) is 0.815. The number of hydrogen-bond donors (Lipinski definition) is 2. The third-order valence-electron chi connectivity index (χ3n) is 4.92. The van der Waals surface area contributed by atoms with E-state index in [1.165, 1.54) is 6.33 Å². The van der Waals surface area contributed by atoms with E-state index in [0.29, 0.717) is 18.9 Å². The first-order chi connectivity index (χ1) is 12.2. The van der Waals surface area contributed by atoms with E-state index in [-0.39, 0.29) is 23.4 Å². The lowest BCUT2D eigenvalue weighted by molar-refractivity contribution is -0.122. The zero-order valence-corrected chi connectivity index (χ0v) is 14.0. The van der Waals surface area contributed by atoms with Gasteiger partial charge in [-0.2, -0.15) is 5.10 Å². The van der Waals surface area contributed by atoms with Crippen LogP contribution in [0.15, 0.2) is 23.5 Å². The van der Waals surface area contributed by atoms with Gasteiger partial charge in [0.15, 0.2) is 0 Å². The van der Waals surface area contributed by atoms with Crippen LogP contribution < -0.4 is 10.9 Å². The lowest BCUT2D eigenvalue weighted by atomic mass is 9.78. The fraction of sp³-hybridized carbons (Fsp3) is 0.588. The number of hydrogen-bond acceptors (Lipinski definition) is 5. The fourth-order valence-electron chi connectivity index (χ4n) is 3.28. The molecular weight excluding hydrogens is 320 g/mol. The molecule has 8 heteroatoms. The SMILES string of the molecule is O=C(CCCn1cncn1)NC1CC(c2cc(=O)[nH]c(C3CC3)n2)C1. The molecule has 2 saturated carbocycles. The van der Waals surface area contributed by atoms with Crippen LogP contribution in [0.5, 0.6) is 0 Å². The van der Waals surface area contributed by atoms with Gasteiger partial charge in [0.1, 0.15) is 18.5 Å². The van der Waals surface area contributed by atoms with Gasteiger partial charge in [0.05, 0.1) is 5.69 Å². The third-order valence-corrected chi connectivity index (χ3v) is 4.92. The summed E-state index contributed by atoms with van der Waals surface area (Å²) in [7, 11) is 0. The molecule has 2 fully saturated rings. The van der Waals surface area contributed by atoms with Gasteiger partial charge in [-0.3, -0.25) is 14.3 Å². The average molecular weight is 342 g/mol. The van der Waals surface area contributed by atoms with Crippen LogP contribution in [0.25, 0.3) is 0 Å². The molecule has 0 radical (unpaired) electrons. The minimum atomic E-state index is -0.0625. The molecule has 0 bridgehead atoms. The Morgan fingerprint density at radius 2 is 2.16 bits per heavy atom. The predicted molar refractivity (Wildman–Crippen MR) is 90.0 cm³/mol. The molecule has 2 aromatic heterocycles. The van der Waals surface area contributed by atoms with Crippen molar-refractivity contribution in [2.45, 2.75) is 62.9 Å². The van der Waals surface area contributed by atoms with Crippen molar-refractivity contribution in [1.82, 2.24) is 30.0 Å². The summed E-state index contributed by atoms with van der Waals surface area (Å²) >= 11 is 0. The maximum atomic E-state index is 12.0. The molecule has 2 aliphatic rings. The molecule has 2 N–H and O–H groups in total. The number of carbonyl (C=O) groups is 1. The zero-order valence-electron chi connectivity index (χ0n) is 14.0. The molecule has 0 aromatic carbocycles. The molecule has 0 saturated heterocycles. The zero-order chi connectivity index (χ0) is 17.2. The Bertz CT molecular complexity index is 790. The van der Waals surface area contributed by atoms with E-state index in [9.17, 15) is 9.59 Å². The van der Waals surface area contributed by atoms with E-state index in [1.54, 1.807) is 17.1 Å². The van der Waals surface area contributed by atoms with Crippen LogP contribution in [0, 0.1) is 0 Å². The monoisotopic (exact) mass is 342 g/mol. The van der Waals surface area contributed by atoms with Gasteiger partial charge in [-0.25, -0.2) is 9.97 Å². The largest absolute Gasteiger partial charge is 0.353 e. The summed E-state index contributed by atoms with van der Waals surface area (Å²) in [4.78, 5) is 35.1. The Kier molecular flexibility index (Phi) is 4.33. The summed E-state index contributed by atoms with van der Waals surface area (Å²) in [6, 6.07) is 1.79. The van der Waals surface area contributed by atoms with Gasteiger partial charge in [-0.1, -0.05) is 0 Å². The van der Waals surface area contributed by atoms with Crippen molar-refractivity contribution in [3.63, 3.8) is 0 Å². The van der Waals surface area contributed by atoms with Gasteiger partial charge < -0.3 is 10.3 Å². The van der Waals surface area contributed by atoms with Gasteiger partial charge in [0.2, 0.25) is 5.91 Å². The van der Waals surface area contributed by atoms with Crippen LogP contribution in [0.4, 0.5) is 0 Å². The number of aryl methyl sites for hydroxylation is 1. The number of H-pyrrole nitrogens is 1. The van der Waals surface area contributed by atoms with E-state index in [0.717, 1.165) is 43.6 Å². The Balaban J connectivity index is 1.22. The highest BCUT2D eigenvalue weighted by Crippen LogP contribution is 2.40. The molecule has 1 amide bonds.